The number of carbonyl (C=O) groups excluding carboxylic acids is 1. The van der Waals surface area contributed by atoms with Crippen molar-refractivity contribution >= 4 is 39.9 Å². The molecule has 0 saturated carbocycles. The summed E-state index contributed by atoms with van der Waals surface area (Å²) in [6, 6.07) is 7.30. The second kappa shape index (κ2) is 7.42. The van der Waals surface area contributed by atoms with Crippen molar-refractivity contribution in [2.24, 2.45) is 0 Å². The van der Waals surface area contributed by atoms with Crippen LogP contribution in [0.4, 0.5) is 15.6 Å². The van der Waals surface area contributed by atoms with Gasteiger partial charge in [-0.3, -0.25) is 5.32 Å². The van der Waals surface area contributed by atoms with E-state index in [0.717, 1.165) is 22.0 Å². The summed E-state index contributed by atoms with van der Waals surface area (Å²) in [6.45, 7) is 6.28. The number of anilines is 2. The molecule has 112 valence electrons. The number of rotatable bonds is 5. The molecule has 21 heavy (non-hydrogen) atoms. The van der Waals surface area contributed by atoms with Gasteiger partial charge in [0.2, 0.25) is 5.13 Å². The van der Waals surface area contributed by atoms with Crippen LogP contribution in [0.15, 0.2) is 28.6 Å². The van der Waals surface area contributed by atoms with E-state index in [2.05, 4.69) is 34.7 Å². The highest BCUT2D eigenvalue weighted by atomic mass is 32.2. The van der Waals surface area contributed by atoms with Gasteiger partial charge in [0.1, 0.15) is 0 Å². The molecule has 2 rings (SSSR count). The summed E-state index contributed by atoms with van der Waals surface area (Å²) in [5.41, 5.74) is 1.90. The van der Waals surface area contributed by atoms with Crippen LogP contribution in [0, 0.1) is 6.92 Å². The largest absolute Gasteiger partial charge is 0.325 e. The van der Waals surface area contributed by atoms with Crippen molar-refractivity contribution in [3.05, 3.63) is 29.8 Å². The highest BCUT2D eigenvalue weighted by molar-refractivity contribution is 8.01. The average molecular weight is 322 g/mol. The van der Waals surface area contributed by atoms with Gasteiger partial charge in [-0.2, -0.15) is 0 Å². The second-order valence-corrected chi connectivity index (χ2v) is 7.32. The molecule has 5 nitrogen and oxygen atoms in total. The summed E-state index contributed by atoms with van der Waals surface area (Å²) < 4.78 is 0.870. The second-order valence-electron chi connectivity index (χ2n) is 4.65. The van der Waals surface area contributed by atoms with Gasteiger partial charge in [0, 0.05) is 10.9 Å². The Labute approximate surface area is 132 Å². The SMILES string of the molecule is CC[C@@H](C)Sc1nnc(NC(=O)Nc2ccc(C)cc2)s1. The first-order valence-corrected chi connectivity index (χ1v) is 8.41. The van der Waals surface area contributed by atoms with E-state index in [4.69, 9.17) is 0 Å². The number of nitrogens with zero attached hydrogens (tertiary/aromatic N) is 2. The fourth-order valence-corrected chi connectivity index (χ4v) is 3.45. The third kappa shape index (κ3) is 5.02. The lowest BCUT2D eigenvalue weighted by Crippen LogP contribution is -2.19. The fourth-order valence-electron chi connectivity index (χ4n) is 1.46. The van der Waals surface area contributed by atoms with Crippen molar-refractivity contribution in [1.82, 2.24) is 10.2 Å². The molecule has 0 saturated heterocycles. The summed E-state index contributed by atoms with van der Waals surface area (Å²) in [4.78, 5) is 11.9. The molecule has 0 aliphatic heterocycles. The quantitative estimate of drug-likeness (QED) is 0.633. The zero-order valence-corrected chi connectivity index (χ0v) is 13.8. The van der Waals surface area contributed by atoms with Crippen molar-refractivity contribution < 1.29 is 4.79 Å². The molecule has 2 N–H and O–H groups in total. The molecule has 0 fully saturated rings. The van der Waals surface area contributed by atoms with Crippen LogP contribution in [0.5, 0.6) is 0 Å². The molecule has 1 atom stereocenters. The van der Waals surface area contributed by atoms with Crippen molar-refractivity contribution in [1.29, 1.82) is 0 Å². The Morgan fingerprint density at radius 1 is 1.29 bits per heavy atom. The minimum Gasteiger partial charge on any atom is -0.308 e. The van der Waals surface area contributed by atoms with E-state index in [1.54, 1.807) is 11.8 Å². The monoisotopic (exact) mass is 322 g/mol. The van der Waals surface area contributed by atoms with E-state index in [-0.39, 0.29) is 6.03 Å². The number of benzene rings is 1. The molecule has 2 amide bonds. The zero-order valence-electron chi connectivity index (χ0n) is 12.2. The molecule has 0 bridgehead atoms. The maximum Gasteiger partial charge on any atom is 0.325 e. The van der Waals surface area contributed by atoms with Gasteiger partial charge in [-0.05, 0) is 25.5 Å². The third-order valence-corrected chi connectivity index (χ3v) is 5.00. The minimum atomic E-state index is -0.310. The maximum atomic E-state index is 11.9. The van der Waals surface area contributed by atoms with E-state index in [1.165, 1.54) is 11.3 Å². The number of thioether (sulfide) groups is 1. The van der Waals surface area contributed by atoms with E-state index in [9.17, 15) is 4.79 Å². The van der Waals surface area contributed by atoms with Gasteiger partial charge in [0.15, 0.2) is 4.34 Å². The number of hydrogen-bond acceptors (Lipinski definition) is 5. The smallest absolute Gasteiger partial charge is 0.308 e. The molecule has 1 aromatic carbocycles. The molecule has 0 unspecified atom stereocenters. The Morgan fingerprint density at radius 2 is 2.00 bits per heavy atom. The topological polar surface area (TPSA) is 66.9 Å². The van der Waals surface area contributed by atoms with Crippen molar-refractivity contribution in [3.8, 4) is 0 Å². The third-order valence-electron chi connectivity index (χ3n) is 2.81. The molecule has 1 heterocycles. The van der Waals surface area contributed by atoms with Crippen molar-refractivity contribution in [2.45, 2.75) is 36.8 Å². The van der Waals surface area contributed by atoms with Crippen LogP contribution in [0.3, 0.4) is 0 Å². The molecule has 0 spiro atoms. The number of urea groups is 1. The number of aryl methyl sites for hydroxylation is 1. The van der Waals surface area contributed by atoms with Gasteiger partial charge in [0.05, 0.1) is 0 Å². The lowest BCUT2D eigenvalue weighted by atomic mass is 10.2. The summed E-state index contributed by atoms with van der Waals surface area (Å²) in [5.74, 6) is 0. The Hall–Kier alpha value is -1.60. The van der Waals surface area contributed by atoms with Gasteiger partial charge in [-0.15, -0.1) is 10.2 Å². The van der Waals surface area contributed by atoms with Crippen molar-refractivity contribution in [2.75, 3.05) is 10.6 Å². The lowest BCUT2D eigenvalue weighted by Gasteiger charge is -2.05. The molecule has 1 aromatic heterocycles. The lowest BCUT2D eigenvalue weighted by molar-refractivity contribution is 0.262. The van der Waals surface area contributed by atoms with E-state index >= 15 is 0 Å². The standard InChI is InChI=1S/C14H18N4OS2/c1-4-10(3)20-14-18-17-13(21-14)16-12(19)15-11-7-5-9(2)6-8-11/h5-8,10H,4H2,1-3H3,(H2,15,16,17,19)/t10-/m1/s1. The number of aromatic nitrogens is 2. The summed E-state index contributed by atoms with van der Waals surface area (Å²) >= 11 is 3.06. The number of amides is 2. The minimum absolute atomic E-state index is 0.310. The first-order chi connectivity index (χ1) is 10.1. The predicted molar refractivity (Wildman–Crippen MR) is 89.3 cm³/mol. The van der Waals surface area contributed by atoms with E-state index < -0.39 is 0 Å². The molecule has 7 heteroatoms. The van der Waals surface area contributed by atoms with Crippen LogP contribution in [0.25, 0.3) is 0 Å². The fraction of sp³-hybridized carbons (Fsp3) is 0.357. The Kier molecular flexibility index (Phi) is 5.58. The number of hydrogen-bond donors (Lipinski definition) is 2. The Morgan fingerprint density at radius 3 is 2.67 bits per heavy atom. The molecular weight excluding hydrogens is 304 g/mol. The molecule has 0 aliphatic carbocycles. The summed E-state index contributed by atoms with van der Waals surface area (Å²) in [6.07, 6.45) is 1.07. The van der Waals surface area contributed by atoms with Crippen LogP contribution in [-0.4, -0.2) is 21.5 Å². The zero-order chi connectivity index (χ0) is 15.2. The van der Waals surface area contributed by atoms with Crippen molar-refractivity contribution in [3.63, 3.8) is 0 Å². The van der Waals surface area contributed by atoms with Gasteiger partial charge in [-0.1, -0.05) is 54.6 Å². The molecule has 2 aromatic rings. The van der Waals surface area contributed by atoms with Crippen LogP contribution < -0.4 is 10.6 Å². The van der Waals surface area contributed by atoms with E-state index in [1.807, 2.05) is 31.2 Å². The molecular formula is C14H18N4OS2. The number of carbonyl (C=O) groups is 1. The van der Waals surface area contributed by atoms with Crippen LogP contribution in [-0.2, 0) is 0 Å². The van der Waals surface area contributed by atoms with Gasteiger partial charge in [0.25, 0.3) is 0 Å². The van der Waals surface area contributed by atoms with Gasteiger partial charge < -0.3 is 5.32 Å². The predicted octanol–water partition coefficient (Wildman–Crippen LogP) is 4.38. The van der Waals surface area contributed by atoms with E-state index in [0.29, 0.717) is 10.4 Å². The molecule has 0 radical (unpaired) electrons. The normalized spacial score (nSPS) is 12.0. The highest BCUT2D eigenvalue weighted by Gasteiger charge is 2.10. The average Bonchev–Trinajstić information content (AvgIpc) is 2.88. The molecule has 0 aliphatic rings. The maximum absolute atomic E-state index is 11.9. The highest BCUT2D eigenvalue weighted by Crippen LogP contribution is 2.29. The first kappa shape index (κ1) is 15.8. The first-order valence-electron chi connectivity index (χ1n) is 6.71. The van der Waals surface area contributed by atoms with Crippen LogP contribution in [0.2, 0.25) is 0 Å². The number of nitrogens with one attached hydrogen (secondary N) is 2. The Bertz CT molecular complexity index is 597. The van der Waals surface area contributed by atoms with Gasteiger partial charge >= 0.3 is 6.03 Å². The van der Waals surface area contributed by atoms with Crippen LogP contribution in [0.1, 0.15) is 25.8 Å². The van der Waals surface area contributed by atoms with Gasteiger partial charge in [-0.25, -0.2) is 4.79 Å². The Balaban J connectivity index is 1.89. The summed E-state index contributed by atoms with van der Waals surface area (Å²) in [5, 5.41) is 14.5. The van der Waals surface area contributed by atoms with Crippen LogP contribution >= 0.6 is 23.1 Å². The summed E-state index contributed by atoms with van der Waals surface area (Å²) in [7, 11) is 0.